The van der Waals surface area contributed by atoms with E-state index >= 15 is 0 Å². The molecule has 0 spiro atoms. The number of aryl methyl sites for hydroxylation is 2. The number of carbonyl (C=O) groups excluding carboxylic acids is 2. The summed E-state index contributed by atoms with van der Waals surface area (Å²) < 4.78 is 22.2. The first kappa shape index (κ1) is 29.5. The van der Waals surface area contributed by atoms with Gasteiger partial charge in [0.05, 0.1) is 23.9 Å². The zero-order valence-corrected chi connectivity index (χ0v) is 25.8. The summed E-state index contributed by atoms with van der Waals surface area (Å²) >= 11 is 2.39. The minimum absolute atomic E-state index is 0.0999. The number of rotatable bonds is 9. The quantitative estimate of drug-likeness (QED) is 0.0635. The monoisotopic (exact) mass is 629 g/mol. The molecule has 1 aliphatic heterocycles. The van der Waals surface area contributed by atoms with Crippen LogP contribution in [0.3, 0.4) is 0 Å². The SMILES string of the molecule is CCCOc1ccc(C2C(=C(O)c3nc4c(C)cccn4c3C)C(=O)C(=O)N2c2nnc(SCc3ccccc3F)s2)cc1. The number of halogens is 1. The van der Waals surface area contributed by atoms with Crippen LogP contribution in [-0.2, 0) is 15.3 Å². The number of ether oxygens (including phenoxy) is 1. The molecule has 12 heteroatoms. The van der Waals surface area contributed by atoms with Crippen molar-refractivity contribution in [3.8, 4) is 5.75 Å². The lowest BCUT2D eigenvalue weighted by Crippen LogP contribution is -2.29. The molecule has 6 rings (SSSR count). The highest BCUT2D eigenvalue weighted by atomic mass is 32.2. The number of anilines is 1. The first-order valence-corrected chi connectivity index (χ1v) is 15.8. The van der Waals surface area contributed by atoms with E-state index in [-0.39, 0.29) is 28.0 Å². The molecule has 44 heavy (non-hydrogen) atoms. The van der Waals surface area contributed by atoms with E-state index in [0.29, 0.717) is 44.9 Å². The lowest BCUT2D eigenvalue weighted by atomic mass is 9.96. The number of hydrogen-bond donors (Lipinski definition) is 1. The van der Waals surface area contributed by atoms with E-state index < -0.39 is 17.7 Å². The molecule has 224 valence electrons. The summed E-state index contributed by atoms with van der Waals surface area (Å²) in [5.41, 5.74) is 3.35. The minimum Gasteiger partial charge on any atom is -0.505 e. The van der Waals surface area contributed by atoms with Crippen LogP contribution in [0, 0.1) is 19.7 Å². The summed E-state index contributed by atoms with van der Waals surface area (Å²) in [6.45, 7) is 6.26. The summed E-state index contributed by atoms with van der Waals surface area (Å²) in [7, 11) is 0. The van der Waals surface area contributed by atoms with Gasteiger partial charge in [-0.1, -0.05) is 66.4 Å². The van der Waals surface area contributed by atoms with Crippen LogP contribution in [0.15, 0.2) is 76.8 Å². The van der Waals surface area contributed by atoms with Crippen LogP contribution in [0.5, 0.6) is 5.75 Å². The molecule has 0 saturated carbocycles. The standard InChI is InChI=1S/C32H28FN5O4S2/c1-4-16-42-22-13-11-20(12-14-22)26-24(27(39)25-19(3)37-15-7-8-18(2)29(37)34-25)28(40)30(41)38(26)31-35-36-32(44-31)43-17-21-9-5-6-10-23(21)33/h5-15,26,39H,4,16-17H2,1-3H3. The third-order valence-electron chi connectivity index (χ3n) is 7.33. The van der Waals surface area contributed by atoms with Crippen molar-refractivity contribution in [3.05, 3.63) is 106 Å². The molecule has 0 radical (unpaired) electrons. The zero-order chi connectivity index (χ0) is 31.0. The maximum atomic E-state index is 14.2. The van der Waals surface area contributed by atoms with E-state index in [2.05, 4.69) is 15.2 Å². The van der Waals surface area contributed by atoms with E-state index in [1.165, 1.54) is 22.7 Å². The second-order valence-corrected chi connectivity index (χ2v) is 12.4. The van der Waals surface area contributed by atoms with E-state index in [9.17, 15) is 19.1 Å². The fourth-order valence-electron chi connectivity index (χ4n) is 5.10. The van der Waals surface area contributed by atoms with E-state index in [4.69, 9.17) is 4.74 Å². The summed E-state index contributed by atoms with van der Waals surface area (Å²) in [6.07, 6.45) is 2.67. The summed E-state index contributed by atoms with van der Waals surface area (Å²) in [4.78, 5) is 33.2. The van der Waals surface area contributed by atoms with Crippen LogP contribution in [-0.4, -0.2) is 43.0 Å². The van der Waals surface area contributed by atoms with Gasteiger partial charge in [0.2, 0.25) is 5.13 Å². The Kier molecular flexibility index (Phi) is 8.19. The number of carbonyl (C=O) groups is 2. The Labute approximate surface area is 261 Å². The summed E-state index contributed by atoms with van der Waals surface area (Å²) in [5, 5.41) is 20.3. The highest BCUT2D eigenvalue weighted by Crippen LogP contribution is 2.44. The van der Waals surface area contributed by atoms with Crippen LogP contribution < -0.4 is 9.64 Å². The second-order valence-electron chi connectivity index (χ2n) is 10.2. The van der Waals surface area contributed by atoms with Gasteiger partial charge in [-0.15, -0.1) is 10.2 Å². The van der Waals surface area contributed by atoms with Gasteiger partial charge in [-0.2, -0.15) is 0 Å². The third kappa shape index (κ3) is 5.35. The van der Waals surface area contributed by atoms with Crippen molar-refractivity contribution in [2.45, 2.75) is 43.3 Å². The average Bonchev–Trinajstić information content (AvgIpc) is 3.71. The predicted octanol–water partition coefficient (Wildman–Crippen LogP) is 6.65. The fourth-order valence-corrected chi connectivity index (χ4v) is 6.95. The molecule has 5 aromatic rings. The minimum atomic E-state index is -1.00. The molecule has 1 N–H and O–H groups in total. The van der Waals surface area contributed by atoms with Crippen LogP contribution in [0.2, 0.25) is 0 Å². The number of amides is 1. The number of aliphatic hydroxyl groups excluding tert-OH is 1. The molecule has 9 nitrogen and oxygen atoms in total. The Morgan fingerprint density at radius 1 is 1.07 bits per heavy atom. The topological polar surface area (TPSA) is 110 Å². The molecular formula is C32H28FN5O4S2. The van der Waals surface area contributed by atoms with Gasteiger partial charge in [0.1, 0.15) is 22.9 Å². The van der Waals surface area contributed by atoms with Crippen molar-refractivity contribution in [3.63, 3.8) is 0 Å². The number of Topliss-reactive ketones (excluding diaryl/α,β-unsaturated/α-hetero) is 1. The van der Waals surface area contributed by atoms with E-state index in [0.717, 1.165) is 23.3 Å². The number of imidazole rings is 1. The highest BCUT2D eigenvalue weighted by Gasteiger charge is 2.49. The van der Waals surface area contributed by atoms with Gasteiger partial charge in [0.25, 0.3) is 5.78 Å². The Hall–Kier alpha value is -4.55. The van der Waals surface area contributed by atoms with Crippen molar-refractivity contribution < 1.29 is 23.8 Å². The van der Waals surface area contributed by atoms with Gasteiger partial charge >= 0.3 is 5.91 Å². The largest absolute Gasteiger partial charge is 0.505 e. The molecule has 2 aromatic carbocycles. The van der Waals surface area contributed by atoms with Gasteiger partial charge in [0.15, 0.2) is 10.1 Å². The number of benzene rings is 2. The number of fused-ring (bicyclic) bond motifs is 1. The Bertz CT molecular complexity index is 1920. The number of pyridine rings is 1. The maximum Gasteiger partial charge on any atom is 0.301 e. The normalized spacial score (nSPS) is 16.3. The summed E-state index contributed by atoms with van der Waals surface area (Å²) in [5.74, 6) is -1.44. The van der Waals surface area contributed by atoms with Crippen molar-refractivity contribution in [2.24, 2.45) is 0 Å². The second kappa shape index (κ2) is 12.2. The molecule has 4 heterocycles. The van der Waals surface area contributed by atoms with Gasteiger partial charge < -0.3 is 14.2 Å². The number of thioether (sulfide) groups is 1. The molecule has 3 aromatic heterocycles. The smallest absolute Gasteiger partial charge is 0.301 e. The molecule has 1 saturated heterocycles. The highest BCUT2D eigenvalue weighted by molar-refractivity contribution is 8.00. The van der Waals surface area contributed by atoms with Crippen molar-refractivity contribution >= 4 is 51.3 Å². The first-order valence-electron chi connectivity index (χ1n) is 14.0. The molecule has 1 amide bonds. The Morgan fingerprint density at radius 3 is 2.57 bits per heavy atom. The number of hydrogen-bond acceptors (Lipinski definition) is 9. The average molecular weight is 630 g/mol. The number of aromatic nitrogens is 4. The number of aliphatic hydroxyl groups is 1. The van der Waals surface area contributed by atoms with Crippen LogP contribution in [0.4, 0.5) is 9.52 Å². The van der Waals surface area contributed by atoms with Crippen LogP contribution in [0.25, 0.3) is 11.4 Å². The van der Waals surface area contributed by atoms with Crippen molar-refractivity contribution in [2.75, 3.05) is 11.5 Å². The molecule has 0 bridgehead atoms. The predicted molar refractivity (Wildman–Crippen MR) is 168 cm³/mol. The maximum absolute atomic E-state index is 14.2. The molecule has 1 aliphatic rings. The van der Waals surface area contributed by atoms with Gasteiger partial charge in [-0.3, -0.25) is 14.5 Å². The molecular weight excluding hydrogens is 602 g/mol. The van der Waals surface area contributed by atoms with Gasteiger partial charge in [0, 0.05) is 11.9 Å². The van der Waals surface area contributed by atoms with Crippen molar-refractivity contribution in [1.82, 2.24) is 19.6 Å². The number of ketones is 1. The van der Waals surface area contributed by atoms with Gasteiger partial charge in [-0.05, 0) is 61.2 Å². The molecule has 1 atom stereocenters. The molecule has 1 unspecified atom stereocenters. The number of nitrogens with zero attached hydrogens (tertiary/aromatic N) is 5. The molecule has 1 fully saturated rings. The fraction of sp³-hybridized carbons (Fsp3) is 0.219. The Morgan fingerprint density at radius 2 is 1.84 bits per heavy atom. The first-order chi connectivity index (χ1) is 21.3. The third-order valence-corrected chi connectivity index (χ3v) is 9.44. The van der Waals surface area contributed by atoms with Gasteiger partial charge in [-0.25, -0.2) is 9.37 Å². The van der Waals surface area contributed by atoms with Crippen molar-refractivity contribution in [1.29, 1.82) is 0 Å². The van der Waals surface area contributed by atoms with E-state index in [1.807, 2.05) is 36.6 Å². The van der Waals surface area contributed by atoms with Crippen LogP contribution in [0.1, 0.15) is 47.5 Å². The lowest BCUT2D eigenvalue weighted by Gasteiger charge is -2.22. The zero-order valence-electron chi connectivity index (χ0n) is 24.2. The van der Waals surface area contributed by atoms with E-state index in [1.54, 1.807) is 49.4 Å². The van der Waals surface area contributed by atoms with Crippen LogP contribution >= 0.6 is 23.1 Å². The molecule has 0 aliphatic carbocycles. The Balaban J connectivity index is 1.43. The summed E-state index contributed by atoms with van der Waals surface area (Å²) in [6, 6.07) is 16.3. The lowest BCUT2D eigenvalue weighted by molar-refractivity contribution is -0.132.